The summed E-state index contributed by atoms with van der Waals surface area (Å²) in [6, 6.07) is 11.8. The van der Waals surface area contributed by atoms with Gasteiger partial charge in [-0.15, -0.1) is 0 Å². The van der Waals surface area contributed by atoms with E-state index in [0.29, 0.717) is 5.89 Å². The first-order chi connectivity index (χ1) is 13.6. The van der Waals surface area contributed by atoms with Gasteiger partial charge in [0.25, 0.3) is 0 Å². The maximum Gasteiger partial charge on any atom is 0.322 e. The number of rotatable bonds is 3. The third kappa shape index (κ3) is 2.76. The van der Waals surface area contributed by atoms with Crippen molar-refractivity contribution in [2.75, 3.05) is 11.9 Å². The summed E-state index contributed by atoms with van der Waals surface area (Å²) in [7, 11) is 0. The van der Waals surface area contributed by atoms with Gasteiger partial charge in [0.05, 0.1) is 6.04 Å². The van der Waals surface area contributed by atoms with Crippen LogP contribution in [-0.4, -0.2) is 27.4 Å². The van der Waals surface area contributed by atoms with Crippen molar-refractivity contribution in [2.45, 2.75) is 32.2 Å². The van der Waals surface area contributed by atoms with Crippen molar-refractivity contribution in [2.24, 2.45) is 5.41 Å². The monoisotopic (exact) mass is 374 g/mol. The molecule has 1 aliphatic carbocycles. The van der Waals surface area contributed by atoms with E-state index in [0.717, 1.165) is 23.5 Å². The highest BCUT2D eigenvalue weighted by atomic mass is 16.3. The molecule has 1 N–H and O–H groups in total. The summed E-state index contributed by atoms with van der Waals surface area (Å²) in [6.45, 7) is 2.64. The molecular formula is C22H22N4O2. The van der Waals surface area contributed by atoms with Crippen LogP contribution in [0.25, 0.3) is 11.3 Å². The molecule has 2 amide bonds. The Kier molecular flexibility index (Phi) is 3.93. The molecular weight excluding hydrogens is 352 g/mol. The fourth-order valence-corrected chi connectivity index (χ4v) is 4.48. The largest absolute Gasteiger partial charge is 0.449 e. The maximum absolute atomic E-state index is 12.9. The Hall–Kier alpha value is -3.15. The van der Waals surface area contributed by atoms with Gasteiger partial charge in [0.2, 0.25) is 0 Å². The highest BCUT2D eigenvalue weighted by molar-refractivity contribution is 5.90. The number of amides is 2. The van der Waals surface area contributed by atoms with Crippen molar-refractivity contribution < 1.29 is 9.21 Å². The molecule has 5 rings (SSSR count). The van der Waals surface area contributed by atoms with E-state index < -0.39 is 0 Å². The van der Waals surface area contributed by atoms with Crippen LogP contribution in [0.4, 0.5) is 10.5 Å². The number of nitrogens with one attached hydrogen (secondary N) is 1. The van der Waals surface area contributed by atoms with Crippen molar-refractivity contribution in [3.63, 3.8) is 0 Å². The van der Waals surface area contributed by atoms with E-state index in [-0.39, 0.29) is 17.5 Å². The predicted molar refractivity (Wildman–Crippen MR) is 106 cm³/mol. The lowest BCUT2D eigenvalue weighted by Crippen LogP contribution is -2.64. The minimum Gasteiger partial charge on any atom is -0.449 e. The molecule has 2 aliphatic rings. The van der Waals surface area contributed by atoms with Gasteiger partial charge in [0.1, 0.15) is 12.0 Å². The number of likely N-dealkylation sites (tertiary alicyclic amines) is 1. The summed E-state index contributed by atoms with van der Waals surface area (Å²) in [5.74, 6) is 0.636. The number of aromatic nitrogens is 2. The number of pyridine rings is 1. The molecule has 1 saturated carbocycles. The van der Waals surface area contributed by atoms with Crippen molar-refractivity contribution >= 4 is 11.7 Å². The number of oxazole rings is 1. The Morgan fingerprint density at radius 3 is 2.54 bits per heavy atom. The van der Waals surface area contributed by atoms with Crippen LogP contribution in [0.5, 0.6) is 0 Å². The van der Waals surface area contributed by atoms with Gasteiger partial charge in [-0.2, -0.15) is 0 Å². The number of benzene rings is 1. The van der Waals surface area contributed by atoms with Gasteiger partial charge in [-0.1, -0.05) is 18.6 Å². The molecule has 2 fully saturated rings. The van der Waals surface area contributed by atoms with Crippen LogP contribution in [0, 0.1) is 12.3 Å². The number of carbonyl (C=O) groups is 1. The van der Waals surface area contributed by atoms with E-state index in [4.69, 9.17) is 4.42 Å². The van der Waals surface area contributed by atoms with Crippen molar-refractivity contribution in [1.29, 1.82) is 0 Å². The van der Waals surface area contributed by atoms with E-state index in [1.807, 2.05) is 48.2 Å². The van der Waals surface area contributed by atoms with Gasteiger partial charge >= 0.3 is 6.03 Å². The Labute approximate surface area is 163 Å². The highest BCUT2D eigenvalue weighted by Gasteiger charge is 2.57. The number of urea groups is 1. The van der Waals surface area contributed by atoms with Gasteiger partial charge in [0.15, 0.2) is 5.89 Å². The zero-order valence-electron chi connectivity index (χ0n) is 15.8. The lowest BCUT2D eigenvalue weighted by molar-refractivity contribution is -0.0970. The number of nitrogens with zero attached hydrogens (tertiary/aromatic N) is 3. The molecule has 28 heavy (non-hydrogen) atoms. The van der Waals surface area contributed by atoms with Crippen LogP contribution < -0.4 is 5.32 Å². The molecule has 1 atom stereocenters. The average molecular weight is 374 g/mol. The molecule has 1 spiro atoms. The number of aryl methyl sites for hydroxylation is 1. The van der Waals surface area contributed by atoms with E-state index in [1.165, 1.54) is 24.8 Å². The quantitative estimate of drug-likeness (QED) is 0.714. The molecule has 142 valence electrons. The summed E-state index contributed by atoms with van der Waals surface area (Å²) in [5.41, 5.74) is 3.96. The number of hydrogen-bond acceptors (Lipinski definition) is 4. The lowest BCUT2D eigenvalue weighted by Gasteiger charge is -2.62. The second kappa shape index (κ2) is 6.48. The molecule has 6 heteroatoms. The molecule has 3 heterocycles. The van der Waals surface area contributed by atoms with Crippen LogP contribution >= 0.6 is 0 Å². The minimum atomic E-state index is -0.0515. The van der Waals surface area contributed by atoms with E-state index in [1.54, 1.807) is 18.7 Å². The van der Waals surface area contributed by atoms with Crippen LogP contribution in [0.15, 0.2) is 59.5 Å². The first-order valence-corrected chi connectivity index (χ1v) is 9.65. The zero-order chi connectivity index (χ0) is 19.1. The smallest absolute Gasteiger partial charge is 0.322 e. The molecule has 2 aromatic heterocycles. The minimum absolute atomic E-state index is 0.0515. The summed E-state index contributed by atoms with van der Waals surface area (Å²) in [4.78, 5) is 23.3. The Morgan fingerprint density at radius 1 is 1.18 bits per heavy atom. The molecule has 3 aromatic rings. The van der Waals surface area contributed by atoms with E-state index >= 15 is 0 Å². The van der Waals surface area contributed by atoms with Gasteiger partial charge in [0, 0.05) is 42.5 Å². The highest BCUT2D eigenvalue weighted by Crippen LogP contribution is 2.60. The van der Waals surface area contributed by atoms with E-state index in [2.05, 4.69) is 15.3 Å². The van der Waals surface area contributed by atoms with Crippen LogP contribution in [-0.2, 0) is 0 Å². The fourth-order valence-electron chi connectivity index (χ4n) is 4.48. The Morgan fingerprint density at radius 2 is 1.93 bits per heavy atom. The first-order valence-electron chi connectivity index (χ1n) is 9.65. The third-order valence-electron chi connectivity index (χ3n) is 6.06. The molecule has 1 aliphatic heterocycles. The van der Waals surface area contributed by atoms with Crippen LogP contribution in [0.2, 0.25) is 0 Å². The van der Waals surface area contributed by atoms with Crippen LogP contribution in [0.1, 0.15) is 36.8 Å². The van der Waals surface area contributed by atoms with Gasteiger partial charge in [-0.3, -0.25) is 4.98 Å². The van der Waals surface area contributed by atoms with Crippen molar-refractivity contribution in [3.05, 3.63) is 66.5 Å². The topological polar surface area (TPSA) is 71.3 Å². The maximum atomic E-state index is 12.9. The summed E-state index contributed by atoms with van der Waals surface area (Å²) in [6.07, 6.45) is 8.88. The number of carbonyl (C=O) groups excluding carboxylic acids is 1. The van der Waals surface area contributed by atoms with Gasteiger partial charge < -0.3 is 14.6 Å². The predicted octanol–water partition coefficient (Wildman–Crippen LogP) is 4.80. The molecule has 1 saturated heterocycles. The molecule has 1 unspecified atom stereocenters. The third-order valence-corrected chi connectivity index (χ3v) is 6.06. The fraction of sp³-hybridized carbons (Fsp3) is 0.318. The molecule has 0 bridgehead atoms. The summed E-state index contributed by atoms with van der Waals surface area (Å²) < 4.78 is 5.26. The molecule has 0 radical (unpaired) electrons. The molecule has 1 aromatic carbocycles. The second-order valence-electron chi connectivity index (χ2n) is 7.79. The number of hydrogen-bond donors (Lipinski definition) is 1. The van der Waals surface area contributed by atoms with Crippen LogP contribution in [0.3, 0.4) is 0 Å². The normalized spacial score (nSPS) is 19.8. The Balaban J connectivity index is 1.31. The van der Waals surface area contributed by atoms with Crippen molar-refractivity contribution in [1.82, 2.24) is 14.9 Å². The Bertz CT molecular complexity index is 993. The molecule has 6 nitrogen and oxygen atoms in total. The first kappa shape index (κ1) is 17.0. The lowest BCUT2D eigenvalue weighted by atomic mass is 9.56. The van der Waals surface area contributed by atoms with E-state index in [9.17, 15) is 4.79 Å². The standard InChI is InChI=1S/C22H22N4O2/c1-15-24-19(13-28-15)16-3-5-18(6-4-16)25-21(27)26-14-22(9-2-10-22)20(26)17-7-11-23-12-8-17/h3-8,11-13,20H,2,9-10,14H2,1H3,(H,25,27). The summed E-state index contributed by atoms with van der Waals surface area (Å²) >= 11 is 0. The SMILES string of the molecule is Cc1nc(-c2ccc(NC(=O)N3CC4(CCC4)C3c3ccncc3)cc2)co1. The van der Waals surface area contributed by atoms with Crippen molar-refractivity contribution in [3.8, 4) is 11.3 Å². The second-order valence-corrected chi connectivity index (χ2v) is 7.79. The van der Waals surface area contributed by atoms with Gasteiger partial charge in [-0.05, 0) is 42.7 Å². The van der Waals surface area contributed by atoms with Gasteiger partial charge in [-0.25, -0.2) is 9.78 Å². The average Bonchev–Trinajstić information content (AvgIpc) is 3.08. The summed E-state index contributed by atoms with van der Waals surface area (Å²) in [5, 5.41) is 3.04. The number of anilines is 1. The zero-order valence-corrected chi connectivity index (χ0v) is 15.8.